The van der Waals surface area contributed by atoms with Gasteiger partial charge in [0.2, 0.25) is 0 Å². The van der Waals surface area contributed by atoms with Gasteiger partial charge in [-0.3, -0.25) is 4.79 Å². The molecule has 2 nitrogen and oxygen atoms in total. The molecule has 0 atom stereocenters. The molecule has 1 N–H and O–H groups in total. The Kier molecular flexibility index (Phi) is 5.31. The number of carbonyl (C=O) groups excluding carboxylic acids is 1. The first-order valence-corrected chi connectivity index (χ1v) is 7.93. The quantitative estimate of drug-likeness (QED) is 0.735. The van der Waals surface area contributed by atoms with Crippen molar-refractivity contribution in [1.82, 2.24) is 0 Å². The topological polar surface area (TPSA) is 29.1 Å². The van der Waals surface area contributed by atoms with Crippen molar-refractivity contribution in [1.29, 1.82) is 0 Å². The predicted octanol–water partition coefficient (Wildman–Crippen LogP) is 4.78. The molecule has 104 valence electrons. The van der Waals surface area contributed by atoms with Crippen LogP contribution in [-0.2, 0) is 6.42 Å². The summed E-state index contributed by atoms with van der Waals surface area (Å²) in [5, 5.41) is 3.57. The Hall–Kier alpha value is -1.20. The molecule has 0 aliphatic rings. The summed E-state index contributed by atoms with van der Waals surface area (Å²) in [6.45, 7) is 0. The summed E-state index contributed by atoms with van der Waals surface area (Å²) in [5.41, 5.74) is 1.84. The lowest BCUT2D eigenvalue weighted by Crippen LogP contribution is -2.13. The van der Waals surface area contributed by atoms with E-state index in [2.05, 4.69) is 37.2 Å². The number of hydrogen-bond donors (Lipinski definition) is 1. The van der Waals surface area contributed by atoms with Crippen molar-refractivity contribution in [2.45, 2.75) is 6.42 Å². The van der Waals surface area contributed by atoms with Crippen molar-refractivity contribution in [3.05, 3.63) is 63.9 Å². The second-order valence-electron chi connectivity index (χ2n) is 4.19. The molecule has 0 unspecified atom stereocenters. The van der Waals surface area contributed by atoms with Gasteiger partial charge in [-0.2, -0.15) is 0 Å². The standard InChI is InChI=1S/C15H12Br2FNO/c16-9-8-10-4-6-11(7-5-10)19-15(20)12-2-1-3-13(17)14(12)18/h1-7H,8-9H2,(H,19,20). The van der Waals surface area contributed by atoms with Gasteiger partial charge < -0.3 is 5.32 Å². The third-order valence-corrected chi connectivity index (χ3v) is 3.80. The van der Waals surface area contributed by atoms with Gasteiger partial charge in [0.1, 0.15) is 5.82 Å². The van der Waals surface area contributed by atoms with Gasteiger partial charge in [-0.05, 0) is 52.2 Å². The van der Waals surface area contributed by atoms with E-state index in [0.29, 0.717) is 5.69 Å². The second kappa shape index (κ2) is 6.99. The van der Waals surface area contributed by atoms with Crippen LogP contribution >= 0.6 is 31.9 Å². The minimum Gasteiger partial charge on any atom is -0.322 e. The Morgan fingerprint density at radius 3 is 2.50 bits per heavy atom. The number of benzene rings is 2. The van der Waals surface area contributed by atoms with Crippen LogP contribution in [0.1, 0.15) is 15.9 Å². The van der Waals surface area contributed by atoms with Crippen molar-refractivity contribution in [3.63, 3.8) is 0 Å². The Bertz CT molecular complexity index is 614. The van der Waals surface area contributed by atoms with Gasteiger partial charge in [-0.15, -0.1) is 0 Å². The molecule has 2 aromatic rings. The first kappa shape index (κ1) is 15.2. The third kappa shape index (κ3) is 3.67. The zero-order valence-electron chi connectivity index (χ0n) is 10.5. The largest absolute Gasteiger partial charge is 0.322 e. The van der Waals surface area contributed by atoms with E-state index in [-0.39, 0.29) is 10.0 Å². The van der Waals surface area contributed by atoms with Gasteiger partial charge in [0.15, 0.2) is 0 Å². The molecule has 20 heavy (non-hydrogen) atoms. The molecule has 0 saturated carbocycles. The molecule has 0 aromatic heterocycles. The Morgan fingerprint density at radius 1 is 1.15 bits per heavy atom. The molecular formula is C15H12Br2FNO. The second-order valence-corrected chi connectivity index (χ2v) is 5.84. The smallest absolute Gasteiger partial charge is 0.258 e. The van der Waals surface area contributed by atoms with Gasteiger partial charge >= 0.3 is 0 Å². The fraction of sp³-hybridized carbons (Fsp3) is 0.133. The van der Waals surface area contributed by atoms with E-state index >= 15 is 0 Å². The third-order valence-electron chi connectivity index (χ3n) is 2.79. The van der Waals surface area contributed by atoms with Crippen molar-refractivity contribution in [3.8, 4) is 0 Å². The lowest BCUT2D eigenvalue weighted by Gasteiger charge is -2.07. The Balaban J connectivity index is 2.13. The maximum absolute atomic E-state index is 13.8. The van der Waals surface area contributed by atoms with Crippen molar-refractivity contribution < 1.29 is 9.18 Å². The Morgan fingerprint density at radius 2 is 1.85 bits per heavy atom. The molecule has 0 spiro atoms. The SMILES string of the molecule is O=C(Nc1ccc(CCBr)cc1)c1cccc(Br)c1F. The van der Waals surface area contributed by atoms with Crippen molar-refractivity contribution >= 4 is 43.5 Å². The highest BCUT2D eigenvalue weighted by molar-refractivity contribution is 9.10. The average molecular weight is 401 g/mol. The molecule has 0 saturated heterocycles. The summed E-state index contributed by atoms with van der Waals surface area (Å²) < 4.78 is 14.1. The molecule has 0 heterocycles. The molecule has 0 fully saturated rings. The van der Waals surface area contributed by atoms with E-state index in [1.807, 2.05) is 24.3 Å². The van der Waals surface area contributed by atoms with E-state index < -0.39 is 11.7 Å². The van der Waals surface area contributed by atoms with E-state index in [0.717, 1.165) is 11.8 Å². The van der Waals surface area contributed by atoms with E-state index in [4.69, 9.17) is 0 Å². The minimum absolute atomic E-state index is 0.0175. The Labute approximate surface area is 133 Å². The van der Waals surface area contributed by atoms with Crippen molar-refractivity contribution in [2.24, 2.45) is 0 Å². The number of alkyl halides is 1. The molecule has 1 amide bonds. The van der Waals surface area contributed by atoms with Gasteiger partial charge in [-0.1, -0.05) is 34.1 Å². The molecular weight excluding hydrogens is 389 g/mol. The number of anilines is 1. The van der Waals surface area contributed by atoms with E-state index in [1.165, 1.54) is 11.6 Å². The van der Waals surface area contributed by atoms with E-state index in [9.17, 15) is 9.18 Å². The number of carbonyl (C=O) groups is 1. The number of nitrogens with one attached hydrogen (secondary N) is 1. The van der Waals surface area contributed by atoms with Crippen LogP contribution in [0.15, 0.2) is 46.9 Å². The number of hydrogen-bond acceptors (Lipinski definition) is 1. The zero-order chi connectivity index (χ0) is 14.5. The van der Waals surface area contributed by atoms with Crippen LogP contribution in [0.3, 0.4) is 0 Å². The maximum atomic E-state index is 13.8. The monoisotopic (exact) mass is 399 g/mol. The molecule has 2 rings (SSSR count). The minimum atomic E-state index is -0.555. The highest BCUT2D eigenvalue weighted by Gasteiger charge is 2.13. The number of halogens is 3. The van der Waals surface area contributed by atoms with Crippen LogP contribution in [-0.4, -0.2) is 11.2 Å². The number of rotatable bonds is 4. The van der Waals surface area contributed by atoms with Gasteiger partial charge in [0, 0.05) is 11.0 Å². The molecule has 0 aliphatic heterocycles. The fourth-order valence-electron chi connectivity index (χ4n) is 1.74. The van der Waals surface area contributed by atoms with Crippen LogP contribution in [0.4, 0.5) is 10.1 Å². The summed E-state index contributed by atoms with van der Waals surface area (Å²) in [7, 11) is 0. The maximum Gasteiger partial charge on any atom is 0.258 e. The number of aryl methyl sites for hydroxylation is 1. The first-order valence-electron chi connectivity index (χ1n) is 6.02. The summed E-state index contributed by atoms with van der Waals surface area (Å²) >= 11 is 6.44. The molecule has 0 radical (unpaired) electrons. The van der Waals surface area contributed by atoms with Crippen molar-refractivity contribution in [2.75, 3.05) is 10.6 Å². The van der Waals surface area contributed by atoms with Gasteiger partial charge in [-0.25, -0.2) is 4.39 Å². The predicted molar refractivity (Wildman–Crippen MR) is 86.0 cm³/mol. The van der Waals surface area contributed by atoms with Gasteiger partial charge in [0.25, 0.3) is 5.91 Å². The highest BCUT2D eigenvalue weighted by atomic mass is 79.9. The number of amides is 1. The molecule has 2 aromatic carbocycles. The summed E-state index contributed by atoms with van der Waals surface area (Å²) in [6, 6.07) is 12.1. The average Bonchev–Trinajstić information content (AvgIpc) is 2.44. The lowest BCUT2D eigenvalue weighted by molar-refractivity contribution is 0.102. The molecule has 0 bridgehead atoms. The zero-order valence-corrected chi connectivity index (χ0v) is 13.7. The summed E-state index contributed by atoms with van der Waals surface area (Å²) in [6.07, 6.45) is 0.925. The van der Waals surface area contributed by atoms with E-state index in [1.54, 1.807) is 12.1 Å². The first-order chi connectivity index (χ1) is 9.61. The van der Waals surface area contributed by atoms with Crippen LogP contribution in [0.5, 0.6) is 0 Å². The summed E-state index contributed by atoms with van der Waals surface area (Å²) in [4.78, 5) is 12.0. The van der Waals surface area contributed by atoms with Gasteiger partial charge in [0.05, 0.1) is 10.0 Å². The highest BCUT2D eigenvalue weighted by Crippen LogP contribution is 2.20. The molecule has 0 aliphatic carbocycles. The molecule has 5 heteroatoms. The van der Waals surface area contributed by atoms with Crippen LogP contribution in [0, 0.1) is 5.82 Å². The normalized spacial score (nSPS) is 10.3. The fourth-order valence-corrected chi connectivity index (χ4v) is 2.57. The van der Waals surface area contributed by atoms with Crippen LogP contribution < -0.4 is 5.32 Å². The van der Waals surface area contributed by atoms with Crippen LogP contribution in [0.25, 0.3) is 0 Å². The van der Waals surface area contributed by atoms with Crippen LogP contribution in [0.2, 0.25) is 0 Å². The summed E-state index contributed by atoms with van der Waals surface area (Å²) in [5.74, 6) is -1.02. The lowest BCUT2D eigenvalue weighted by atomic mass is 10.1.